The third kappa shape index (κ3) is 4.14. The van der Waals surface area contributed by atoms with Crippen LogP contribution in [0.25, 0.3) is 22.4 Å². The molecule has 2 heterocycles. The van der Waals surface area contributed by atoms with Gasteiger partial charge in [-0.3, -0.25) is 9.97 Å². The predicted molar refractivity (Wildman–Crippen MR) is 153 cm³/mol. The summed E-state index contributed by atoms with van der Waals surface area (Å²) in [4.78, 5) is 10.2. The number of para-hydroxylation sites is 1. The van der Waals surface area contributed by atoms with Gasteiger partial charge < -0.3 is 5.11 Å². The van der Waals surface area contributed by atoms with Crippen LogP contribution in [0.1, 0.15) is 22.5 Å². The maximum Gasteiger partial charge on any atom is 0.123 e. The number of phenolic OH excluding ortho intramolecular Hbond substituents is 1. The van der Waals surface area contributed by atoms with Gasteiger partial charge in [0.05, 0.1) is 17.1 Å². The molecule has 0 atom stereocenters. The molecule has 38 heavy (non-hydrogen) atoms. The second kappa shape index (κ2) is 10.2. The van der Waals surface area contributed by atoms with E-state index < -0.39 is 5.41 Å². The van der Waals surface area contributed by atoms with Crippen molar-refractivity contribution >= 4 is 0 Å². The molecule has 182 valence electrons. The van der Waals surface area contributed by atoms with E-state index in [0.29, 0.717) is 0 Å². The normalized spacial score (nSPS) is 11.3. The lowest BCUT2D eigenvalue weighted by Crippen LogP contribution is -2.33. The Kier molecular flexibility index (Phi) is 6.25. The fraction of sp³-hybridized carbons (Fsp3) is 0.0286. The van der Waals surface area contributed by atoms with Crippen LogP contribution in [0.2, 0.25) is 0 Å². The minimum atomic E-state index is -0.713. The third-order valence-corrected chi connectivity index (χ3v) is 6.97. The molecule has 6 aromatic rings. The first-order valence-corrected chi connectivity index (χ1v) is 12.7. The van der Waals surface area contributed by atoms with E-state index in [1.807, 2.05) is 66.9 Å². The molecule has 0 aliphatic rings. The van der Waals surface area contributed by atoms with Crippen LogP contribution in [0.5, 0.6) is 5.75 Å². The summed E-state index contributed by atoms with van der Waals surface area (Å²) in [6.07, 6.45) is 1.84. The first kappa shape index (κ1) is 23.4. The van der Waals surface area contributed by atoms with Crippen molar-refractivity contribution < 1.29 is 5.11 Å². The maximum atomic E-state index is 10.4. The van der Waals surface area contributed by atoms with Crippen molar-refractivity contribution in [2.45, 2.75) is 5.41 Å². The van der Waals surface area contributed by atoms with Gasteiger partial charge in [0.2, 0.25) is 0 Å². The summed E-state index contributed by atoms with van der Waals surface area (Å²) in [5.41, 5.74) is 6.83. The lowest BCUT2D eigenvalue weighted by molar-refractivity contribution is 0.477. The molecule has 0 amide bonds. The van der Waals surface area contributed by atoms with Crippen molar-refractivity contribution in [3.05, 3.63) is 174 Å². The van der Waals surface area contributed by atoms with E-state index in [4.69, 9.17) is 9.97 Å². The Morgan fingerprint density at radius 3 is 1.79 bits per heavy atom. The van der Waals surface area contributed by atoms with Crippen LogP contribution >= 0.6 is 0 Å². The van der Waals surface area contributed by atoms with Gasteiger partial charge in [-0.05, 0) is 53.1 Å². The molecule has 0 aliphatic heterocycles. The Bertz CT molecular complexity index is 1570. The predicted octanol–water partition coefficient (Wildman–Crippen LogP) is 7.90. The van der Waals surface area contributed by atoms with Gasteiger partial charge in [-0.15, -0.1) is 0 Å². The Morgan fingerprint density at radius 1 is 0.500 bits per heavy atom. The molecular weight excluding hydrogens is 464 g/mol. The van der Waals surface area contributed by atoms with Crippen LogP contribution in [0.4, 0.5) is 0 Å². The van der Waals surface area contributed by atoms with Gasteiger partial charge in [-0.1, -0.05) is 109 Å². The molecule has 3 nitrogen and oxygen atoms in total. The van der Waals surface area contributed by atoms with Gasteiger partial charge in [-0.2, -0.15) is 0 Å². The van der Waals surface area contributed by atoms with Gasteiger partial charge in [0.1, 0.15) is 11.2 Å². The number of rotatable bonds is 6. The van der Waals surface area contributed by atoms with Crippen LogP contribution in [0, 0.1) is 0 Å². The summed E-state index contributed by atoms with van der Waals surface area (Å²) in [6, 6.07) is 48.7. The lowest BCUT2D eigenvalue weighted by Gasteiger charge is -2.34. The zero-order valence-corrected chi connectivity index (χ0v) is 20.8. The highest BCUT2D eigenvalue weighted by atomic mass is 16.3. The molecule has 0 saturated carbocycles. The Labute approximate surface area is 222 Å². The number of nitrogens with zero attached hydrogens (tertiary/aromatic N) is 2. The van der Waals surface area contributed by atoms with Gasteiger partial charge >= 0.3 is 0 Å². The fourth-order valence-corrected chi connectivity index (χ4v) is 5.22. The van der Waals surface area contributed by atoms with Crippen LogP contribution in [-0.2, 0) is 5.41 Å². The topological polar surface area (TPSA) is 46.0 Å². The monoisotopic (exact) mass is 490 g/mol. The number of benzene rings is 4. The van der Waals surface area contributed by atoms with Gasteiger partial charge in [0, 0.05) is 17.3 Å². The highest BCUT2D eigenvalue weighted by Crippen LogP contribution is 2.44. The molecule has 0 fully saturated rings. The largest absolute Gasteiger partial charge is 0.507 e. The molecule has 0 aliphatic carbocycles. The van der Waals surface area contributed by atoms with Crippen LogP contribution in [-0.4, -0.2) is 15.1 Å². The molecule has 3 heteroatoms. The summed E-state index contributed by atoms with van der Waals surface area (Å²) in [5.74, 6) is 0.258. The highest BCUT2D eigenvalue weighted by molar-refractivity contribution is 5.75. The Balaban J connectivity index is 1.59. The summed E-state index contributed by atoms with van der Waals surface area (Å²) in [7, 11) is 0. The molecule has 0 unspecified atom stereocenters. The molecule has 6 rings (SSSR count). The number of aromatic hydroxyl groups is 1. The Morgan fingerprint density at radius 2 is 1.11 bits per heavy atom. The number of hydrogen-bond donors (Lipinski definition) is 1. The summed E-state index contributed by atoms with van der Waals surface area (Å²) in [5, 5.41) is 10.4. The van der Waals surface area contributed by atoms with Gasteiger partial charge in [0.25, 0.3) is 0 Å². The number of aromatic nitrogens is 2. The quantitative estimate of drug-likeness (QED) is 0.258. The number of phenols is 1. The third-order valence-electron chi connectivity index (χ3n) is 6.97. The van der Waals surface area contributed by atoms with E-state index in [1.54, 1.807) is 6.07 Å². The number of pyridine rings is 2. The fourth-order valence-electron chi connectivity index (χ4n) is 5.22. The molecule has 1 N–H and O–H groups in total. The summed E-state index contributed by atoms with van der Waals surface area (Å²) >= 11 is 0. The van der Waals surface area contributed by atoms with E-state index >= 15 is 0 Å². The zero-order chi connectivity index (χ0) is 25.8. The van der Waals surface area contributed by atoms with Crippen LogP contribution in [0.15, 0.2) is 152 Å². The highest BCUT2D eigenvalue weighted by Gasteiger charge is 2.41. The average Bonchev–Trinajstić information content (AvgIpc) is 3.00. The maximum absolute atomic E-state index is 10.4. The van der Waals surface area contributed by atoms with Crippen molar-refractivity contribution in [1.82, 2.24) is 9.97 Å². The van der Waals surface area contributed by atoms with E-state index in [9.17, 15) is 5.11 Å². The zero-order valence-electron chi connectivity index (χ0n) is 20.8. The molecule has 0 bridgehead atoms. The first-order valence-electron chi connectivity index (χ1n) is 12.7. The average molecular weight is 491 g/mol. The van der Waals surface area contributed by atoms with E-state index in [0.717, 1.165) is 44.9 Å². The molecule has 2 aromatic heterocycles. The standard InChI is InChI=1S/C35H26N2O/c38-32-21-8-7-19-30(32)26-13-11-14-27(25-26)31-20-12-23-34(37-31)35(28-15-3-1-4-16-28,29-17-5-2-6-18-29)33-22-9-10-24-36-33/h1-25,38H. The van der Waals surface area contributed by atoms with Crippen molar-refractivity contribution in [1.29, 1.82) is 0 Å². The van der Waals surface area contributed by atoms with Gasteiger partial charge in [-0.25, -0.2) is 0 Å². The van der Waals surface area contributed by atoms with E-state index in [1.165, 1.54) is 0 Å². The Hall–Kier alpha value is -5.02. The van der Waals surface area contributed by atoms with Gasteiger partial charge in [0.15, 0.2) is 0 Å². The van der Waals surface area contributed by atoms with E-state index in [2.05, 4.69) is 78.9 Å². The van der Waals surface area contributed by atoms with Crippen molar-refractivity contribution in [2.75, 3.05) is 0 Å². The minimum Gasteiger partial charge on any atom is -0.507 e. The molecule has 0 radical (unpaired) electrons. The lowest BCUT2D eigenvalue weighted by atomic mass is 9.69. The van der Waals surface area contributed by atoms with Crippen molar-refractivity contribution in [3.8, 4) is 28.1 Å². The van der Waals surface area contributed by atoms with Crippen LogP contribution < -0.4 is 0 Å². The molecule has 0 spiro atoms. The second-order valence-corrected chi connectivity index (χ2v) is 9.20. The molecule has 4 aromatic carbocycles. The first-order chi connectivity index (χ1) is 18.8. The smallest absolute Gasteiger partial charge is 0.123 e. The summed E-state index contributed by atoms with van der Waals surface area (Å²) < 4.78 is 0. The molecule has 0 saturated heterocycles. The van der Waals surface area contributed by atoms with Crippen molar-refractivity contribution in [2.24, 2.45) is 0 Å². The SMILES string of the molecule is Oc1ccccc1-c1cccc(-c2cccc(C(c3ccccc3)(c3ccccc3)c3ccccn3)n2)c1. The van der Waals surface area contributed by atoms with Crippen molar-refractivity contribution in [3.63, 3.8) is 0 Å². The van der Waals surface area contributed by atoms with E-state index in [-0.39, 0.29) is 5.75 Å². The summed E-state index contributed by atoms with van der Waals surface area (Å²) in [6.45, 7) is 0. The number of hydrogen-bond acceptors (Lipinski definition) is 3. The van der Waals surface area contributed by atoms with Crippen LogP contribution in [0.3, 0.4) is 0 Å². The molecular formula is C35H26N2O. The second-order valence-electron chi connectivity index (χ2n) is 9.20. The minimum absolute atomic E-state index is 0.258.